The van der Waals surface area contributed by atoms with Crippen molar-refractivity contribution in [3.8, 4) is 0 Å². The number of benzene rings is 1. The van der Waals surface area contributed by atoms with Crippen LogP contribution in [0.2, 0.25) is 0 Å². The SMILES string of the molecule is CCC1COCCN1CC(C)(C=O)c1ccccc1. The summed E-state index contributed by atoms with van der Waals surface area (Å²) in [6, 6.07) is 10.5. The standard InChI is InChI=1S/C16H23NO2/c1-3-15-11-19-10-9-17(15)12-16(2,13-18)14-7-5-4-6-8-14/h4-8,13,15H,3,9-12H2,1-2H3. The Morgan fingerprint density at radius 2 is 2.16 bits per heavy atom. The molecule has 1 aromatic carbocycles. The molecule has 1 saturated heterocycles. The van der Waals surface area contributed by atoms with Crippen LogP contribution >= 0.6 is 0 Å². The number of morpholine rings is 1. The monoisotopic (exact) mass is 261 g/mol. The van der Waals surface area contributed by atoms with E-state index in [-0.39, 0.29) is 0 Å². The third-order valence-electron chi connectivity index (χ3n) is 4.05. The maximum atomic E-state index is 11.6. The summed E-state index contributed by atoms with van der Waals surface area (Å²) in [5, 5.41) is 0. The zero-order valence-electron chi connectivity index (χ0n) is 11.8. The number of hydrogen-bond donors (Lipinski definition) is 0. The van der Waals surface area contributed by atoms with Crippen LogP contribution in [0, 0.1) is 0 Å². The van der Waals surface area contributed by atoms with Crippen molar-refractivity contribution >= 4 is 6.29 Å². The van der Waals surface area contributed by atoms with Crippen molar-refractivity contribution < 1.29 is 9.53 Å². The van der Waals surface area contributed by atoms with Crippen LogP contribution in [-0.2, 0) is 14.9 Å². The minimum atomic E-state index is -0.438. The van der Waals surface area contributed by atoms with E-state index in [4.69, 9.17) is 4.74 Å². The van der Waals surface area contributed by atoms with E-state index in [0.717, 1.165) is 44.6 Å². The molecule has 0 aliphatic carbocycles. The molecule has 1 aliphatic rings. The fourth-order valence-corrected chi connectivity index (χ4v) is 2.71. The highest BCUT2D eigenvalue weighted by Crippen LogP contribution is 2.25. The number of nitrogens with zero attached hydrogens (tertiary/aromatic N) is 1. The van der Waals surface area contributed by atoms with Crippen LogP contribution in [0.15, 0.2) is 30.3 Å². The van der Waals surface area contributed by atoms with Gasteiger partial charge in [-0.3, -0.25) is 4.90 Å². The van der Waals surface area contributed by atoms with Gasteiger partial charge in [0, 0.05) is 19.1 Å². The lowest BCUT2D eigenvalue weighted by molar-refractivity contribution is -0.114. The Morgan fingerprint density at radius 1 is 1.42 bits per heavy atom. The molecule has 104 valence electrons. The molecule has 1 fully saturated rings. The van der Waals surface area contributed by atoms with Gasteiger partial charge in [0.15, 0.2) is 0 Å². The van der Waals surface area contributed by atoms with E-state index in [0.29, 0.717) is 6.04 Å². The van der Waals surface area contributed by atoms with E-state index in [1.165, 1.54) is 0 Å². The van der Waals surface area contributed by atoms with E-state index in [1.54, 1.807) is 0 Å². The second-order valence-corrected chi connectivity index (χ2v) is 5.51. The van der Waals surface area contributed by atoms with E-state index >= 15 is 0 Å². The van der Waals surface area contributed by atoms with E-state index in [1.807, 2.05) is 37.3 Å². The van der Waals surface area contributed by atoms with Crippen molar-refractivity contribution in [2.24, 2.45) is 0 Å². The van der Waals surface area contributed by atoms with Gasteiger partial charge in [0.05, 0.1) is 18.6 Å². The Balaban J connectivity index is 2.15. The summed E-state index contributed by atoms with van der Waals surface area (Å²) in [7, 11) is 0. The van der Waals surface area contributed by atoms with Crippen molar-refractivity contribution in [2.45, 2.75) is 31.7 Å². The predicted octanol–water partition coefficient (Wildman–Crippen LogP) is 2.25. The van der Waals surface area contributed by atoms with Crippen LogP contribution in [0.25, 0.3) is 0 Å². The molecule has 0 spiro atoms. The number of hydrogen-bond acceptors (Lipinski definition) is 3. The first-order valence-electron chi connectivity index (χ1n) is 7.03. The van der Waals surface area contributed by atoms with Crippen molar-refractivity contribution in [2.75, 3.05) is 26.3 Å². The van der Waals surface area contributed by atoms with Crippen LogP contribution in [0.5, 0.6) is 0 Å². The third kappa shape index (κ3) is 3.23. The lowest BCUT2D eigenvalue weighted by Crippen LogP contribution is -2.51. The number of aldehydes is 1. The molecule has 0 bridgehead atoms. The minimum absolute atomic E-state index is 0.428. The van der Waals surface area contributed by atoms with Crippen LogP contribution in [0.4, 0.5) is 0 Å². The van der Waals surface area contributed by atoms with Crippen LogP contribution < -0.4 is 0 Å². The quantitative estimate of drug-likeness (QED) is 0.761. The molecule has 2 atom stereocenters. The molecule has 1 heterocycles. The average Bonchev–Trinajstić information content (AvgIpc) is 2.48. The molecule has 1 aromatic rings. The lowest BCUT2D eigenvalue weighted by atomic mass is 9.83. The van der Waals surface area contributed by atoms with Gasteiger partial charge in [-0.05, 0) is 18.9 Å². The fourth-order valence-electron chi connectivity index (χ4n) is 2.71. The first-order chi connectivity index (χ1) is 9.19. The fraction of sp³-hybridized carbons (Fsp3) is 0.562. The summed E-state index contributed by atoms with van der Waals surface area (Å²) in [4.78, 5) is 14.0. The highest BCUT2D eigenvalue weighted by atomic mass is 16.5. The van der Waals surface area contributed by atoms with Crippen LogP contribution in [0.3, 0.4) is 0 Å². The van der Waals surface area contributed by atoms with Gasteiger partial charge in [-0.15, -0.1) is 0 Å². The van der Waals surface area contributed by atoms with Gasteiger partial charge in [0.25, 0.3) is 0 Å². The zero-order valence-corrected chi connectivity index (χ0v) is 11.8. The highest BCUT2D eigenvalue weighted by molar-refractivity contribution is 5.68. The molecule has 3 nitrogen and oxygen atoms in total. The smallest absolute Gasteiger partial charge is 0.131 e. The first-order valence-corrected chi connectivity index (χ1v) is 7.03. The Hall–Kier alpha value is -1.19. The Labute approximate surface area is 115 Å². The number of rotatable bonds is 5. The van der Waals surface area contributed by atoms with Gasteiger partial charge in [0.2, 0.25) is 0 Å². The summed E-state index contributed by atoms with van der Waals surface area (Å²) in [5.74, 6) is 0. The molecule has 0 saturated carbocycles. The van der Waals surface area contributed by atoms with Gasteiger partial charge in [-0.25, -0.2) is 0 Å². The van der Waals surface area contributed by atoms with E-state index in [2.05, 4.69) is 11.8 Å². The molecule has 0 amide bonds. The summed E-state index contributed by atoms with van der Waals surface area (Å²) < 4.78 is 5.53. The van der Waals surface area contributed by atoms with Gasteiger partial charge in [-0.1, -0.05) is 37.3 Å². The lowest BCUT2D eigenvalue weighted by Gasteiger charge is -2.39. The van der Waals surface area contributed by atoms with Crippen molar-refractivity contribution in [1.82, 2.24) is 4.90 Å². The summed E-state index contributed by atoms with van der Waals surface area (Å²) in [6.45, 7) is 7.42. The summed E-state index contributed by atoms with van der Waals surface area (Å²) in [5.41, 5.74) is 0.651. The first kappa shape index (κ1) is 14.2. The molecule has 0 radical (unpaired) electrons. The molecule has 1 aliphatic heterocycles. The molecule has 3 heteroatoms. The molecular weight excluding hydrogens is 238 g/mol. The van der Waals surface area contributed by atoms with Gasteiger partial charge >= 0.3 is 0 Å². The van der Waals surface area contributed by atoms with Gasteiger partial charge < -0.3 is 9.53 Å². The highest BCUT2D eigenvalue weighted by Gasteiger charge is 2.32. The zero-order chi connectivity index (χ0) is 13.7. The molecule has 2 unspecified atom stereocenters. The normalized spacial score (nSPS) is 23.8. The minimum Gasteiger partial charge on any atom is -0.378 e. The Bertz CT molecular complexity index is 406. The predicted molar refractivity (Wildman–Crippen MR) is 76.3 cm³/mol. The maximum Gasteiger partial charge on any atom is 0.131 e. The molecule has 0 N–H and O–H groups in total. The largest absolute Gasteiger partial charge is 0.378 e. The average molecular weight is 261 g/mol. The second-order valence-electron chi connectivity index (χ2n) is 5.51. The Kier molecular flexibility index (Phi) is 4.72. The van der Waals surface area contributed by atoms with Gasteiger partial charge in [-0.2, -0.15) is 0 Å². The number of carbonyl (C=O) groups is 1. The van der Waals surface area contributed by atoms with Crippen molar-refractivity contribution in [1.29, 1.82) is 0 Å². The van der Waals surface area contributed by atoms with E-state index in [9.17, 15) is 4.79 Å². The molecule has 0 aromatic heterocycles. The Morgan fingerprint density at radius 3 is 2.79 bits per heavy atom. The second kappa shape index (κ2) is 6.31. The number of ether oxygens (including phenoxy) is 1. The maximum absolute atomic E-state index is 11.6. The van der Waals surface area contributed by atoms with Crippen LogP contribution in [0.1, 0.15) is 25.8 Å². The third-order valence-corrected chi connectivity index (χ3v) is 4.05. The molecular formula is C16H23NO2. The molecule has 19 heavy (non-hydrogen) atoms. The summed E-state index contributed by atoms with van der Waals surface area (Å²) >= 11 is 0. The van der Waals surface area contributed by atoms with Gasteiger partial charge in [0.1, 0.15) is 6.29 Å². The van der Waals surface area contributed by atoms with E-state index < -0.39 is 5.41 Å². The molecule has 2 rings (SSSR count). The van der Waals surface area contributed by atoms with Crippen molar-refractivity contribution in [3.05, 3.63) is 35.9 Å². The topological polar surface area (TPSA) is 29.5 Å². The van der Waals surface area contributed by atoms with Crippen molar-refractivity contribution in [3.63, 3.8) is 0 Å². The van der Waals surface area contributed by atoms with Crippen LogP contribution in [-0.4, -0.2) is 43.5 Å². The summed E-state index contributed by atoms with van der Waals surface area (Å²) in [6.07, 6.45) is 2.15. The number of carbonyl (C=O) groups excluding carboxylic acids is 1.